The summed E-state index contributed by atoms with van der Waals surface area (Å²) in [5.74, 6) is -0.321. The topological polar surface area (TPSA) is 97.1 Å². The summed E-state index contributed by atoms with van der Waals surface area (Å²) in [4.78, 5) is 11.8. The zero-order chi connectivity index (χ0) is 26.2. The van der Waals surface area contributed by atoms with Gasteiger partial charge in [-0.2, -0.15) is 10.5 Å². The highest BCUT2D eigenvalue weighted by atomic mass is 16.5. The molecule has 37 heavy (non-hydrogen) atoms. The molecule has 1 heterocycles. The monoisotopic (exact) mass is 490 g/mol. The average molecular weight is 491 g/mol. The SMILES string of the molecule is Cc1cc(/C=[N+]2\CCCC[C@H]2C(=O)O)c(OCC#N)cc1/C=C/c1cccc(-c2ccccc2)c1C#N. The molecule has 1 aliphatic rings. The third-order valence-electron chi connectivity index (χ3n) is 6.56. The molecular weight excluding hydrogens is 462 g/mol. The Morgan fingerprint density at radius 1 is 1.05 bits per heavy atom. The lowest BCUT2D eigenvalue weighted by Gasteiger charge is -2.18. The highest BCUT2D eigenvalue weighted by Crippen LogP contribution is 2.29. The number of carbonyl (C=O) groups is 1. The van der Waals surface area contributed by atoms with Crippen molar-refractivity contribution in [2.45, 2.75) is 32.2 Å². The van der Waals surface area contributed by atoms with E-state index in [4.69, 9.17) is 10.00 Å². The van der Waals surface area contributed by atoms with Crippen molar-refractivity contribution in [2.24, 2.45) is 0 Å². The Morgan fingerprint density at radius 2 is 1.84 bits per heavy atom. The number of piperidine rings is 1. The number of hydrogen-bond acceptors (Lipinski definition) is 4. The van der Waals surface area contributed by atoms with E-state index < -0.39 is 12.0 Å². The van der Waals surface area contributed by atoms with Gasteiger partial charge in [0.05, 0.1) is 11.1 Å². The van der Waals surface area contributed by atoms with Gasteiger partial charge in [-0.1, -0.05) is 60.7 Å². The summed E-state index contributed by atoms with van der Waals surface area (Å²) in [6.07, 6.45) is 8.10. The van der Waals surface area contributed by atoms with E-state index in [1.807, 2.05) is 96.6 Å². The van der Waals surface area contributed by atoms with Gasteiger partial charge in [-0.15, -0.1) is 0 Å². The largest absolute Gasteiger partial charge is 0.478 e. The lowest BCUT2D eigenvalue weighted by molar-refractivity contribution is -0.560. The predicted molar refractivity (Wildman–Crippen MR) is 143 cm³/mol. The summed E-state index contributed by atoms with van der Waals surface area (Å²) in [5.41, 5.74) is 5.84. The van der Waals surface area contributed by atoms with Crippen LogP contribution in [0.1, 0.15) is 47.1 Å². The van der Waals surface area contributed by atoms with Crippen LogP contribution in [-0.2, 0) is 4.79 Å². The maximum Gasteiger partial charge on any atom is 0.372 e. The summed E-state index contributed by atoms with van der Waals surface area (Å²) in [6, 6.07) is 23.2. The van der Waals surface area contributed by atoms with Gasteiger partial charge in [0.25, 0.3) is 0 Å². The van der Waals surface area contributed by atoms with Gasteiger partial charge in [0, 0.05) is 18.4 Å². The summed E-state index contributed by atoms with van der Waals surface area (Å²) in [6.45, 7) is 2.51. The van der Waals surface area contributed by atoms with E-state index in [1.54, 1.807) is 0 Å². The van der Waals surface area contributed by atoms with Gasteiger partial charge >= 0.3 is 5.97 Å². The van der Waals surface area contributed by atoms with Gasteiger partial charge in [-0.25, -0.2) is 9.37 Å². The van der Waals surface area contributed by atoms with Crippen LogP contribution in [0.2, 0.25) is 0 Å². The summed E-state index contributed by atoms with van der Waals surface area (Å²) >= 11 is 0. The third kappa shape index (κ3) is 5.94. The van der Waals surface area contributed by atoms with Crippen LogP contribution in [0.5, 0.6) is 5.75 Å². The number of aliphatic carboxylic acids is 1. The fourth-order valence-electron chi connectivity index (χ4n) is 4.67. The molecule has 0 bridgehead atoms. The molecule has 0 unspecified atom stereocenters. The molecule has 1 aliphatic heterocycles. The second-order valence-corrected chi connectivity index (χ2v) is 8.99. The Hall–Kier alpha value is -4.68. The van der Waals surface area contributed by atoms with Crippen LogP contribution in [0.25, 0.3) is 23.3 Å². The molecule has 1 saturated heterocycles. The van der Waals surface area contributed by atoms with Crippen LogP contribution in [0.3, 0.4) is 0 Å². The number of rotatable bonds is 7. The van der Waals surface area contributed by atoms with Gasteiger partial charge in [0.1, 0.15) is 24.4 Å². The maximum absolute atomic E-state index is 11.8. The number of aryl methyl sites for hydroxylation is 1. The van der Waals surface area contributed by atoms with Crippen LogP contribution in [0.4, 0.5) is 0 Å². The summed E-state index contributed by atoms with van der Waals surface area (Å²) in [5, 5.41) is 28.7. The van der Waals surface area contributed by atoms with Crippen molar-refractivity contribution in [3.05, 3.63) is 88.5 Å². The second-order valence-electron chi connectivity index (χ2n) is 8.99. The molecule has 0 radical (unpaired) electrons. The highest BCUT2D eigenvalue weighted by Gasteiger charge is 2.32. The van der Waals surface area contributed by atoms with Gasteiger partial charge in [0.15, 0.2) is 12.8 Å². The average Bonchev–Trinajstić information content (AvgIpc) is 2.92. The minimum atomic E-state index is -0.835. The Balaban J connectivity index is 1.72. The van der Waals surface area contributed by atoms with Crippen molar-refractivity contribution >= 4 is 24.3 Å². The predicted octanol–water partition coefficient (Wildman–Crippen LogP) is 5.67. The number of hydrogen-bond donors (Lipinski definition) is 1. The van der Waals surface area contributed by atoms with Gasteiger partial charge in [0.2, 0.25) is 6.04 Å². The molecule has 4 rings (SSSR count). The molecule has 0 saturated carbocycles. The number of ether oxygens (including phenoxy) is 1. The van der Waals surface area contributed by atoms with Gasteiger partial charge in [-0.3, -0.25) is 0 Å². The van der Waals surface area contributed by atoms with Crippen LogP contribution in [0.15, 0.2) is 60.7 Å². The third-order valence-corrected chi connectivity index (χ3v) is 6.56. The molecule has 0 aliphatic carbocycles. The van der Waals surface area contributed by atoms with Crippen LogP contribution >= 0.6 is 0 Å². The Bertz CT molecular complexity index is 1440. The van der Waals surface area contributed by atoms with Crippen molar-refractivity contribution in [2.75, 3.05) is 13.2 Å². The van der Waals surface area contributed by atoms with E-state index >= 15 is 0 Å². The fraction of sp³-hybridized carbons (Fsp3) is 0.226. The van der Waals surface area contributed by atoms with Crippen molar-refractivity contribution < 1.29 is 19.2 Å². The van der Waals surface area contributed by atoms with Crippen molar-refractivity contribution in [1.82, 2.24) is 0 Å². The van der Waals surface area contributed by atoms with Gasteiger partial charge in [-0.05, 0) is 47.7 Å². The quantitative estimate of drug-likeness (QED) is 0.340. The molecule has 1 fully saturated rings. The Morgan fingerprint density at radius 3 is 2.57 bits per heavy atom. The van der Waals surface area contributed by atoms with E-state index in [0.29, 0.717) is 24.3 Å². The zero-order valence-electron chi connectivity index (χ0n) is 20.7. The summed E-state index contributed by atoms with van der Waals surface area (Å²) in [7, 11) is 0. The molecule has 0 spiro atoms. The standard InChI is InChI=1S/C31H27N3O3/c1-22-18-26(21-34-16-6-5-12-29(34)31(35)36)30(37-17-15-32)19-25(22)14-13-24-10-7-11-27(28(24)20-33)23-8-3-2-4-9-23/h2-4,7-11,13-14,18-19,21,29H,5-6,12,16-17H2,1H3/p+1/b14-13+,34-21+/t29-/m0/s1. The van der Waals surface area contributed by atoms with E-state index in [9.17, 15) is 15.2 Å². The highest BCUT2D eigenvalue weighted by molar-refractivity contribution is 5.85. The Kier molecular flexibility index (Phi) is 8.13. The molecular formula is C31H28N3O3+. The number of benzene rings is 3. The molecule has 3 aromatic carbocycles. The smallest absolute Gasteiger partial charge is 0.372 e. The zero-order valence-corrected chi connectivity index (χ0v) is 20.7. The number of carboxylic acid groups (broad SMARTS) is 1. The molecule has 0 amide bonds. The van der Waals surface area contributed by atoms with E-state index in [2.05, 4.69) is 6.07 Å². The Labute approximate surface area is 217 Å². The number of nitrogens with zero attached hydrogens (tertiary/aromatic N) is 3. The van der Waals surface area contributed by atoms with Crippen molar-refractivity contribution in [1.29, 1.82) is 10.5 Å². The first-order chi connectivity index (χ1) is 18.0. The first-order valence-corrected chi connectivity index (χ1v) is 12.3. The minimum Gasteiger partial charge on any atom is -0.478 e. The number of carboxylic acids is 1. The molecule has 1 atom stereocenters. The lowest BCUT2D eigenvalue weighted by atomic mass is 9.95. The first-order valence-electron chi connectivity index (χ1n) is 12.3. The fourth-order valence-corrected chi connectivity index (χ4v) is 4.67. The molecule has 3 aromatic rings. The van der Waals surface area contributed by atoms with Gasteiger partial charge < -0.3 is 9.84 Å². The van der Waals surface area contributed by atoms with Crippen LogP contribution in [-0.4, -0.2) is 41.1 Å². The second kappa shape index (κ2) is 11.8. The first kappa shape index (κ1) is 25.4. The summed E-state index contributed by atoms with van der Waals surface area (Å²) < 4.78 is 7.59. The molecule has 6 nitrogen and oxygen atoms in total. The normalized spacial score (nSPS) is 16.3. The molecule has 6 heteroatoms. The lowest BCUT2D eigenvalue weighted by Crippen LogP contribution is -2.38. The van der Waals surface area contributed by atoms with E-state index in [0.717, 1.165) is 46.2 Å². The molecule has 184 valence electrons. The van der Waals surface area contributed by atoms with E-state index in [-0.39, 0.29) is 6.61 Å². The van der Waals surface area contributed by atoms with E-state index in [1.165, 1.54) is 0 Å². The van der Waals surface area contributed by atoms with Crippen LogP contribution in [0, 0.1) is 29.6 Å². The maximum atomic E-state index is 11.8. The molecule has 0 aromatic heterocycles. The molecule has 1 N–H and O–H groups in total. The minimum absolute atomic E-state index is 0.118. The van der Waals surface area contributed by atoms with Crippen molar-refractivity contribution in [3.63, 3.8) is 0 Å². The van der Waals surface area contributed by atoms with Crippen molar-refractivity contribution in [3.8, 4) is 29.0 Å². The van der Waals surface area contributed by atoms with Crippen LogP contribution < -0.4 is 4.74 Å². The number of nitriles is 2.